The molecule has 4 heteroatoms. The van der Waals surface area contributed by atoms with Crippen molar-refractivity contribution in [2.24, 2.45) is 5.92 Å². The van der Waals surface area contributed by atoms with Gasteiger partial charge in [0.1, 0.15) is 5.54 Å². The largest absolute Gasteiger partial charge is 0.480 e. The monoisotopic (exact) mass is 213 g/mol. The van der Waals surface area contributed by atoms with Crippen molar-refractivity contribution < 1.29 is 14.7 Å². The maximum Gasteiger partial charge on any atom is 0.329 e. The Labute approximate surface area is 90.0 Å². The second-order valence-electron chi connectivity index (χ2n) is 4.50. The van der Waals surface area contributed by atoms with Crippen molar-refractivity contribution in [1.29, 1.82) is 0 Å². The molecular weight excluding hydrogens is 194 g/mol. The third-order valence-electron chi connectivity index (χ3n) is 3.10. The lowest BCUT2D eigenvalue weighted by molar-refractivity contribution is -0.148. The molecule has 0 saturated heterocycles. The van der Waals surface area contributed by atoms with Gasteiger partial charge in [-0.15, -0.1) is 0 Å². The fourth-order valence-corrected chi connectivity index (χ4v) is 1.77. The summed E-state index contributed by atoms with van der Waals surface area (Å²) in [6.07, 6.45) is 4.09. The summed E-state index contributed by atoms with van der Waals surface area (Å²) >= 11 is 0. The molecule has 1 rings (SSSR count). The molecule has 4 nitrogen and oxygen atoms in total. The number of carbonyl (C=O) groups excluding carboxylic acids is 1. The first-order valence-electron chi connectivity index (χ1n) is 5.55. The molecule has 1 amide bonds. The predicted molar refractivity (Wildman–Crippen MR) is 56.4 cm³/mol. The molecule has 1 unspecified atom stereocenters. The Hall–Kier alpha value is -1.06. The van der Waals surface area contributed by atoms with Crippen molar-refractivity contribution >= 4 is 11.9 Å². The topological polar surface area (TPSA) is 66.4 Å². The molecule has 1 aliphatic rings. The molecule has 0 aromatic carbocycles. The molecule has 0 aliphatic heterocycles. The van der Waals surface area contributed by atoms with E-state index >= 15 is 0 Å². The summed E-state index contributed by atoms with van der Waals surface area (Å²) in [5, 5.41) is 11.7. The minimum atomic E-state index is -1.10. The summed E-state index contributed by atoms with van der Waals surface area (Å²) in [5.41, 5.74) is -1.10. The van der Waals surface area contributed by atoms with Gasteiger partial charge in [-0.1, -0.05) is 19.8 Å². The number of hydrogen-bond donors (Lipinski definition) is 2. The fraction of sp³-hybridized carbons (Fsp3) is 0.818. The molecule has 0 aromatic rings. The lowest BCUT2D eigenvalue weighted by Gasteiger charge is -2.31. The molecule has 0 aromatic heterocycles. The summed E-state index contributed by atoms with van der Waals surface area (Å²) in [7, 11) is 0. The lowest BCUT2D eigenvalue weighted by atomic mass is 9.83. The summed E-state index contributed by atoms with van der Waals surface area (Å²) < 4.78 is 0. The van der Waals surface area contributed by atoms with Crippen LogP contribution in [0, 0.1) is 5.92 Å². The van der Waals surface area contributed by atoms with Crippen LogP contribution in [0.3, 0.4) is 0 Å². The Kier molecular flexibility index (Phi) is 3.72. The second kappa shape index (κ2) is 4.64. The van der Waals surface area contributed by atoms with Crippen LogP contribution in [-0.4, -0.2) is 22.5 Å². The van der Waals surface area contributed by atoms with E-state index in [0.29, 0.717) is 6.42 Å². The number of hydrogen-bond acceptors (Lipinski definition) is 2. The number of aliphatic carboxylic acids is 1. The number of carbonyl (C=O) groups is 2. The molecule has 0 heterocycles. The van der Waals surface area contributed by atoms with E-state index in [9.17, 15) is 9.59 Å². The van der Waals surface area contributed by atoms with Crippen LogP contribution in [0.4, 0.5) is 0 Å². The molecule has 1 atom stereocenters. The van der Waals surface area contributed by atoms with E-state index in [4.69, 9.17) is 5.11 Å². The lowest BCUT2D eigenvalue weighted by Crippen LogP contribution is -2.54. The zero-order chi connectivity index (χ0) is 11.5. The maximum atomic E-state index is 11.6. The van der Waals surface area contributed by atoms with Gasteiger partial charge in [-0.25, -0.2) is 4.79 Å². The van der Waals surface area contributed by atoms with Gasteiger partial charge in [-0.3, -0.25) is 4.79 Å². The third kappa shape index (κ3) is 2.70. The highest BCUT2D eigenvalue weighted by Crippen LogP contribution is 2.27. The first-order valence-corrected chi connectivity index (χ1v) is 5.55. The highest BCUT2D eigenvalue weighted by Gasteiger charge is 2.36. The van der Waals surface area contributed by atoms with E-state index in [-0.39, 0.29) is 11.8 Å². The molecule has 1 fully saturated rings. The average molecular weight is 213 g/mol. The standard InChI is InChI=1S/C11H19NO3/c1-3-7-11(2,10(14)15)12-9(13)8-5-4-6-8/h8H,3-7H2,1-2H3,(H,12,13)(H,14,15). The maximum absolute atomic E-state index is 11.6. The van der Waals surface area contributed by atoms with Gasteiger partial charge in [0.05, 0.1) is 0 Å². The van der Waals surface area contributed by atoms with Gasteiger partial charge in [-0.2, -0.15) is 0 Å². The van der Waals surface area contributed by atoms with Gasteiger partial charge < -0.3 is 10.4 Å². The van der Waals surface area contributed by atoms with Crippen LogP contribution in [0.1, 0.15) is 46.0 Å². The van der Waals surface area contributed by atoms with Crippen molar-refractivity contribution in [3.05, 3.63) is 0 Å². The molecular formula is C11H19NO3. The van der Waals surface area contributed by atoms with Gasteiger partial charge in [-0.05, 0) is 26.2 Å². The fourth-order valence-electron chi connectivity index (χ4n) is 1.77. The molecule has 1 saturated carbocycles. The number of carboxylic acid groups (broad SMARTS) is 1. The quantitative estimate of drug-likeness (QED) is 0.728. The highest BCUT2D eigenvalue weighted by molar-refractivity contribution is 5.88. The van der Waals surface area contributed by atoms with Gasteiger partial charge in [0.25, 0.3) is 0 Å². The molecule has 86 valence electrons. The van der Waals surface area contributed by atoms with Crippen molar-refractivity contribution in [2.75, 3.05) is 0 Å². The molecule has 15 heavy (non-hydrogen) atoms. The van der Waals surface area contributed by atoms with Gasteiger partial charge in [0.2, 0.25) is 5.91 Å². The highest BCUT2D eigenvalue weighted by atomic mass is 16.4. The molecule has 2 N–H and O–H groups in total. The summed E-state index contributed by atoms with van der Waals surface area (Å²) in [5.74, 6) is -1.00. The van der Waals surface area contributed by atoms with Crippen molar-refractivity contribution in [3.63, 3.8) is 0 Å². The normalized spacial score (nSPS) is 20.1. The average Bonchev–Trinajstić information content (AvgIpc) is 1.99. The number of rotatable bonds is 5. The van der Waals surface area contributed by atoms with E-state index in [2.05, 4.69) is 5.32 Å². The Morgan fingerprint density at radius 2 is 2.07 bits per heavy atom. The number of amides is 1. The molecule has 0 bridgehead atoms. The summed E-state index contributed by atoms with van der Waals surface area (Å²) in [6, 6.07) is 0. The van der Waals surface area contributed by atoms with Crippen molar-refractivity contribution in [3.8, 4) is 0 Å². The van der Waals surface area contributed by atoms with Crippen LogP contribution in [0.15, 0.2) is 0 Å². The van der Waals surface area contributed by atoms with Gasteiger partial charge >= 0.3 is 5.97 Å². The molecule has 1 aliphatic carbocycles. The van der Waals surface area contributed by atoms with Crippen molar-refractivity contribution in [2.45, 2.75) is 51.5 Å². The van der Waals surface area contributed by atoms with Gasteiger partial charge in [0, 0.05) is 5.92 Å². The first kappa shape index (κ1) is 12.0. The third-order valence-corrected chi connectivity index (χ3v) is 3.10. The summed E-state index contributed by atoms with van der Waals surface area (Å²) in [4.78, 5) is 22.7. The summed E-state index contributed by atoms with van der Waals surface area (Å²) in [6.45, 7) is 3.49. The SMILES string of the molecule is CCCC(C)(NC(=O)C1CCC1)C(=O)O. The second-order valence-corrected chi connectivity index (χ2v) is 4.50. The van der Waals surface area contributed by atoms with Gasteiger partial charge in [0.15, 0.2) is 0 Å². The van der Waals surface area contributed by atoms with E-state index in [0.717, 1.165) is 25.7 Å². The minimum Gasteiger partial charge on any atom is -0.480 e. The van der Waals surface area contributed by atoms with Crippen molar-refractivity contribution in [1.82, 2.24) is 5.32 Å². The van der Waals surface area contributed by atoms with E-state index < -0.39 is 11.5 Å². The van der Waals surface area contributed by atoms with Crippen LogP contribution in [0.5, 0.6) is 0 Å². The van der Waals surface area contributed by atoms with E-state index in [1.807, 2.05) is 6.92 Å². The minimum absolute atomic E-state index is 0.0422. The van der Waals surface area contributed by atoms with Crippen LogP contribution >= 0.6 is 0 Å². The van der Waals surface area contributed by atoms with Crippen LogP contribution < -0.4 is 5.32 Å². The number of nitrogens with one attached hydrogen (secondary N) is 1. The van der Waals surface area contributed by atoms with Crippen LogP contribution in [-0.2, 0) is 9.59 Å². The Balaban J connectivity index is 2.57. The van der Waals surface area contributed by atoms with E-state index in [1.54, 1.807) is 6.92 Å². The first-order chi connectivity index (χ1) is 6.99. The predicted octanol–water partition coefficient (Wildman–Crippen LogP) is 1.55. The van der Waals surface area contributed by atoms with E-state index in [1.165, 1.54) is 0 Å². The Bertz CT molecular complexity index is 261. The molecule has 0 spiro atoms. The number of carboxylic acids is 1. The Morgan fingerprint density at radius 3 is 2.40 bits per heavy atom. The Morgan fingerprint density at radius 1 is 1.47 bits per heavy atom. The zero-order valence-corrected chi connectivity index (χ0v) is 9.38. The van der Waals surface area contributed by atoms with Crippen LogP contribution in [0.2, 0.25) is 0 Å². The zero-order valence-electron chi connectivity index (χ0n) is 9.38. The van der Waals surface area contributed by atoms with Crippen LogP contribution in [0.25, 0.3) is 0 Å². The smallest absolute Gasteiger partial charge is 0.329 e. The molecule has 0 radical (unpaired) electrons.